The lowest BCUT2D eigenvalue weighted by atomic mass is 10.2. The molecule has 2 aliphatic rings. The first-order valence-electron chi connectivity index (χ1n) is 9.94. The molecule has 144 valence electrons. The SMILES string of the molecule is Cc1cccc(N2CCN(c3cc(C)nc(N4CCN(C)CC4)n3)CC2)c1. The number of aryl methyl sites for hydroxylation is 2. The van der Waals surface area contributed by atoms with Gasteiger partial charge in [0.25, 0.3) is 0 Å². The highest BCUT2D eigenvalue weighted by Crippen LogP contribution is 2.22. The molecule has 6 nitrogen and oxygen atoms in total. The predicted molar refractivity (Wildman–Crippen MR) is 112 cm³/mol. The zero-order valence-electron chi connectivity index (χ0n) is 16.7. The molecule has 0 saturated carbocycles. The monoisotopic (exact) mass is 366 g/mol. The van der Waals surface area contributed by atoms with Crippen LogP contribution < -0.4 is 14.7 Å². The lowest BCUT2D eigenvalue weighted by molar-refractivity contribution is 0.311. The largest absolute Gasteiger partial charge is 0.368 e. The summed E-state index contributed by atoms with van der Waals surface area (Å²) in [6, 6.07) is 10.9. The Morgan fingerprint density at radius 2 is 1.41 bits per heavy atom. The summed E-state index contributed by atoms with van der Waals surface area (Å²) in [6.07, 6.45) is 0. The Labute approximate surface area is 162 Å². The molecule has 0 radical (unpaired) electrons. The molecule has 0 bridgehead atoms. The van der Waals surface area contributed by atoms with Crippen molar-refractivity contribution >= 4 is 17.5 Å². The van der Waals surface area contributed by atoms with Gasteiger partial charge in [0.05, 0.1) is 0 Å². The van der Waals surface area contributed by atoms with Crippen molar-refractivity contribution < 1.29 is 0 Å². The minimum Gasteiger partial charge on any atom is -0.368 e. The zero-order valence-corrected chi connectivity index (χ0v) is 16.7. The summed E-state index contributed by atoms with van der Waals surface area (Å²) in [5.74, 6) is 1.96. The van der Waals surface area contributed by atoms with Crippen LogP contribution in [0.15, 0.2) is 30.3 Å². The number of benzene rings is 1. The van der Waals surface area contributed by atoms with Gasteiger partial charge in [-0.1, -0.05) is 12.1 Å². The van der Waals surface area contributed by atoms with E-state index >= 15 is 0 Å². The van der Waals surface area contributed by atoms with E-state index in [-0.39, 0.29) is 0 Å². The number of hydrogen-bond donors (Lipinski definition) is 0. The van der Waals surface area contributed by atoms with Gasteiger partial charge in [0, 0.05) is 69.8 Å². The summed E-state index contributed by atoms with van der Waals surface area (Å²) in [5.41, 5.74) is 3.69. The van der Waals surface area contributed by atoms with E-state index in [1.165, 1.54) is 11.3 Å². The van der Waals surface area contributed by atoms with Gasteiger partial charge in [-0.3, -0.25) is 0 Å². The standard InChI is InChI=1S/C21H30N6/c1-17-5-4-6-19(15-17)25-11-13-26(14-12-25)20-16-18(2)22-21(23-20)27-9-7-24(3)8-10-27/h4-6,15-16H,7-14H2,1-3H3. The fourth-order valence-corrected chi connectivity index (χ4v) is 3.86. The van der Waals surface area contributed by atoms with Crippen LogP contribution in [0.2, 0.25) is 0 Å². The maximum Gasteiger partial charge on any atom is 0.227 e. The van der Waals surface area contributed by atoms with E-state index in [0.717, 1.165) is 69.8 Å². The van der Waals surface area contributed by atoms with Crippen LogP contribution in [0.5, 0.6) is 0 Å². The molecule has 0 aliphatic carbocycles. The molecule has 1 aromatic carbocycles. The third kappa shape index (κ3) is 4.16. The average molecular weight is 367 g/mol. The first-order valence-corrected chi connectivity index (χ1v) is 9.94. The molecule has 0 spiro atoms. The maximum absolute atomic E-state index is 4.92. The number of aromatic nitrogens is 2. The van der Waals surface area contributed by atoms with Crippen molar-refractivity contribution in [2.24, 2.45) is 0 Å². The van der Waals surface area contributed by atoms with E-state index in [1.807, 2.05) is 0 Å². The Balaban J connectivity index is 1.45. The summed E-state index contributed by atoms with van der Waals surface area (Å²) < 4.78 is 0. The molecule has 2 aromatic rings. The normalized spacial score (nSPS) is 18.9. The average Bonchev–Trinajstić information content (AvgIpc) is 2.68. The molecule has 4 rings (SSSR count). The summed E-state index contributed by atoms with van der Waals surface area (Å²) in [6.45, 7) is 12.4. The lowest BCUT2D eigenvalue weighted by Crippen LogP contribution is -2.47. The highest BCUT2D eigenvalue weighted by atomic mass is 15.3. The quantitative estimate of drug-likeness (QED) is 0.829. The first kappa shape index (κ1) is 18.0. The van der Waals surface area contributed by atoms with Gasteiger partial charge < -0.3 is 19.6 Å². The number of hydrogen-bond acceptors (Lipinski definition) is 6. The van der Waals surface area contributed by atoms with Crippen LogP contribution in [0.1, 0.15) is 11.3 Å². The Bertz CT molecular complexity index is 776. The number of likely N-dealkylation sites (N-methyl/N-ethyl adjacent to an activating group) is 1. The molecule has 3 heterocycles. The van der Waals surface area contributed by atoms with Crippen LogP contribution in [0, 0.1) is 13.8 Å². The molecule has 2 aliphatic heterocycles. The summed E-state index contributed by atoms with van der Waals surface area (Å²) in [4.78, 5) is 19.2. The highest BCUT2D eigenvalue weighted by molar-refractivity contribution is 5.52. The predicted octanol–water partition coefficient (Wildman–Crippen LogP) is 2.17. The van der Waals surface area contributed by atoms with Crippen LogP contribution in [0.25, 0.3) is 0 Å². The molecule has 1 aromatic heterocycles. The van der Waals surface area contributed by atoms with Crippen LogP contribution in [0.3, 0.4) is 0 Å². The van der Waals surface area contributed by atoms with E-state index in [9.17, 15) is 0 Å². The molecule has 2 fully saturated rings. The Morgan fingerprint density at radius 1 is 0.741 bits per heavy atom. The zero-order chi connectivity index (χ0) is 18.8. The van der Waals surface area contributed by atoms with Crippen molar-refractivity contribution in [3.8, 4) is 0 Å². The second-order valence-corrected chi connectivity index (χ2v) is 7.77. The first-order chi connectivity index (χ1) is 13.1. The number of anilines is 3. The van der Waals surface area contributed by atoms with Crippen molar-refractivity contribution in [3.63, 3.8) is 0 Å². The smallest absolute Gasteiger partial charge is 0.227 e. The van der Waals surface area contributed by atoms with E-state index in [0.29, 0.717) is 0 Å². The van der Waals surface area contributed by atoms with E-state index in [4.69, 9.17) is 9.97 Å². The van der Waals surface area contributed by atoms with Crippen LogP contribution in [-0.4, -0.2) is 74.3 Å². The third-order valence-electron chi connectivity index (χ3n) is 5.59. The van der Waals surface area contributed by atoms with Gasteiger partial charge in [-0.25, -0.2) is 4.98 Å². The molecule has 0 atom stereocenters. The number of nitrogens with zero attached hydrogens (tertiary/aromatic N) is 6. The van der Waals surface area contributed by atoms with Gasteiger partial charge >= 0.3 is 0 Å². The van der Waals surface area contributed by atoms with Gasteiger partial charge in [-0.05, 0) is 38.6 Å². The molecule has 0 unspecified atom stereocenters. The summed E-state index contributed by atoms with van der Waals surface area (Å²) in [7, 11) is 2.17. The van der Waals surface area contributed by atoms with Gasteiger partial charge in [0.2, 0.25) is 5.95 Å². The molecule has 6 heteroatoms. The summed E-state index contributed by atoms with van der Waals surface area (Å²) in [5, 5.41) is 0. The van der Waals surface area contributed by atoms with Crippen molar-refractivity contribution in [2.45, 2.75) is 13.8 Å². The lowest BCUT2D eigenvalue weighted by Gasteiger charge is -2.37. The maximum atomic E-state index is 4.92. The van der Waals surface area contributed by atoms with Crippen LogP contribution in [-0.2, 0) is 0 Å². The second-order valence-electron chi connectivity index (χ2n) is 7.77. The van der Waals surface area contributed by atoms with Gasteiger partial charge in [0.1, 0.15) is 5.82 Å². The highest BCUT2D eigenvalue weighted by Gasteiger charge is 2.22. The molecular weight excluding hydrogens is 336 g/mol. The van der Waals surface area contributed by atoms with E-state index in [2.05, 4.69) is 70.8 Å². The molecule has 0 N–H and O–H groups in total. The minimum absolute atomic E-state index is 0.888. The molecule has 0 amide bonds. The fraction of sp³-hybridized carbons (Fsp3) is 0.524. The molecule has 27 heavy (non-hydrogen) atoms. The molecular formula is C21H30N6. The van der Waals surface area contributed by atoms with Crippen LogP contribution >= 0.6 is 0 Å². The summed E-state index contributed by atoms with van der Waals surface area (Å²) >= 11 is 0. The Hall–Kier alpha value is -2.34. The molecule has 2 saturated heterocycles. The minimum atomic E-state index is 0.888. The van der Waals surface area contributed by atoms with Gasteiger partial charge in [-0.15, -0.1) is 0 Å². The third-order valence-corrected chi connectivity index (χ3v) is 5.59. The van der Waals surface area contributed by atoms with Crippen molar-refractivity contribution in [1.29, 1.82) is 0 Å². The second kappa shape index (κ2) is 7.72. The van der Waals surface area contributed by atoms with E-state index < -0.39 is 0 Å². The van der Waals surface area contributed by atoms with Gasteiger partial charge in [0.15, 0.2) is 0 Å². The number of rotatable bonds is 3. The van der Waals surface area contributed by atoms with E-state index in [1.54, 1.807) is 0 Å². The van der Waals surface area contributed by atoms with Crippen molar-refractivity contribution in [2.75, 3.05) is 74.1 Å². The van der Waals surface area contributed by atoms with Crippen LogP contribution in [0.4, 0.5) is 17.5 Å². The Kier molecular flexibility index (Phi) is 5.16. The Morgan fingerprint density at radius 3 is 2.11 bits per heavy atom. The topological polar surface area (TPSA) is 38.7 Å². The van der Waals surface area contributed by atoms with Crippen molar-refractivity contribution in [1.82, 2.24) is 14.9 Å². The van der Waals surface area contributed by atoms with Crippen molar-refractivity contribution in [3.05, 3.63) is 41.6 Å². The fourth-order valence-electron chi connectivity index (χ4n) is 3.86. The number of piperazine rings is 2. The van der Waals surface area contributed by atoms with Gasteiger partial charge in [-0.2, -0.15) is 4.98 Å².